The van der Waals surface area contributed by atoms with Crippen LogP contribution in [0.15, 0.2) is 48.8 Å². The van der Waals surface area contributed by atoms with Crippen LogP contribution in [-0.2, 0) is 0 Å². The van der Waals surface area contributed by atoms with E-state index in [1.54, 1.807) is 17.5 Å². The van der Waals surface area contributed by atoms with Crippen LogP contribution in [-0.4, -0.2) is 9.97 Å². The Kier molecular flexibility index (Phi) is 4.91. The molecule has 4 nitrogen and oxygen atoms in total. The molecule has 0 bridgehead atoms. The molecule has 0 spiro atoms. The van der Waals surface area contributed by atoms with Crippen molar-refractivity contribution >= 4 is 49.9 Å². The standard InChI is InChI=1S/C22H20N4S/c1-2-3-4-5-6-18-12-19-21(16(13-23)14-25-22(19)27-18)26-17-7-8-20-15(11-17)9-10-24-20/h5-12,14,24H,2-4H2,1H3,(H,25,26)/b6-5+. The summed E-state index contributed by atoms with van der Waals surface area (Å²) in [5.74, 6) is 0. The van der Waals surface area contributed by atoms with E-state index in [9.17, 15) is 5.26 Å². The van der Waals surface area contributed by atoms with Gasteiger partial charge < -0.3 is 10.3 Å². The van der Waals surface area contributed by atoms with Crippen LogP contribution in [0.2, 0.25) is 0 Å². The molecule has 0 saturated carbocycles. The molecule has 4 aromatic rings. The van der Waals surface area contributed by atoms with Gasteiger partial charge in [0.1, 0.15) is 10.9 Å². The Morgan fingerprint density at radius 3 is 3.07 bits per heavy atom. The van der Waals surface area contributed by atoms with Crippen molar-refractivity contribution < 1.29 is 0 Å². The normalized spacial score (nSPS) is 11.4. The molecule has 134 valence electrons. The molecule has 0 aliphatic rings. The van der Waals surface area contributed by atoms with Crippen LogP contribution in [0, 0.1) is 11.3 Å². The molecule has 2 N–H and O–H groups in total. The summed E-state index contributed by atoms with van der Waals surface area (Å²) in [6, 6.07) is 12.6. The van der Waals surface area contributed by atoms with Gasteiger partial charge >= 0.3 is 0 Å². The van der Waals surface area contributed by atoms with E-state index in [0.717, 1.165) is 43.8 Å². The molecule has 4 rings (SSSR count). The fourth-order valence-electron chi connectivity index (χ4n) is 3.11. The minimum atomic E-state index is 0.552. The predicted molar refractivity (Wildman–Crippen MR) is 114 cm³/mol. The zero-order valence-electron chi connectivity index (χ0n) is 15.1. The van der Waals surface area contributed by atoms with Gasteiger partial charge in [-0.25, -0.2) is 4.98 Å². The third kappa shape index (κ3) is 3.57. The second-order valence-corrected chi connectivity index (χ2v) is 7.54. The number of nitrogens with one attached hydrogen (secondary N) is 2. The molecule has 0 aliphatic heterocycles. The summed E-state index contributed by atoms with van der Waals surface area (Å²) >= 11 is 1.65. The number of nitrogens with zero attached hydrogens (tertiary/aromatic N) is 2. The Labute approximate surface area is 162 Å². The highest BCUT2D eigenvalue weighted by Gasteiger charge is 2.12. The van der Waals surface area contributed by atoms with Gasteiger partial charge in [-0.1, -0.05) is 25.8 Å². The quantitative estimate of drug-likeness (QED) is 0.375. The molecule has 0 saturated heterocycles. The van der Waals surface area contributed by atoms with Crippen LogP contribution in [0.25, 0.3) is 27.2 Å². The molecule has 0 atom stereocenters. The zero-order valence-corrected chi connectivity index (χ0v) is 15.9. The number of H-pyrrole nitrogens is 1. The molecule has 0 radical (unpaired) electrons. The predicted octanol–water partition coefficient (Wildman–Crippen LogP) is 6.60. The zero-order chi connectivity index (χ0) is 18.6. The first-order chi connectivity index (χ1) is 13.3. The molecule has 0 unspecified atom stereocenters. The van der Waals surface area contributed by atoms with Gasteiger partial charge in [0, 0.05) is 39.2 Å². The van der Waals surface area contributed by atoms with Gasteiger partial charge in [0.05, 0.1) is 11.3 Å². The summed E-state index contributed by atoms with van der Waals surface area (Å²) in [6.45, 7) is 2.20. The highest BCUT2D eigenvalue weighted by Crippen LogP contribution is 2.35. The number of aromatic nitrogens is 2. The first-order valence-electron chi connectivity index (χ1n) is 9.12. The Bertz CT molecular complexity index is 1160. The lowest BCUT2D eigenvalue weighted by molar-refractivity contribution is 0.816. The number of unbranched alkanes of at least 4 members (excludes halogenated alkanes) is 2. The van der Waals surface area contributed by atoms with E-state index >= 15 is 0 Å². The average Bonchev–Trinajstić information content (AvgIpc) is 3.31. The van der Waals surface area contributed by atoms with Crippen LogP contribution >= 0.6 is 11.3 Å². The van der Waals surface area contributed by atoms with Crippen LogP contribution in [0.3, 0.4) is 0 Å². The topological polar surface area (TPSA) is 64.5 Å². The minimum absolute atomic E-state index is 0.552. The largest absolute Gasteiger partial charge is 0.361 e. The average molecular weight is 372 g/mol. The van der Waals surface area contributed by atoms with Crippen molar-refractivity contribution in [3.8, 4) is 6.07 Å². The SMILES string of the molecule is CCCC/C=C/c1cc2c(Nc3ccc4[nH]ccc4c3)c(C#N)cnc2s1. The first kappa shape index (κ1) is 17.3. The summed E-state index contributed by atoms with van der Waals surface area (Å²) < 4.78 is 0. The number of fused-ring (bicyclic) bond motifs is 2. The molecule has 3 aromatic heterocycles. The fourth-order valence-corrected chi connectivity index (χ4v) is 4.05. The maximum atomic E-state index is 9.56. The first-order valence-corrected chi connectivity index (χ1v) is 9.93. The van der Waals surface area contributed by atoms with Gasteiger partial charge in [0.15, 0.2) is 0 Å². The summed E-state index contributed by atoms with van der Waals surface area (Å²) in [7, 11) is 0. The van der Waals surface area contributed by atoms with Crippen molar-refractivity contribution in [1.82, 2.24) is 9.97 Å². The van der Waals surface area contributed by atoms with E-state index in [2.05, 4.69) is 52.6 Å². The number of aromatic amines is 1. The minimum Gasteiger partial charge on any atom is -0.361 e. The number of pyridine rings is 1. The number of hydrogen-bond donors (Lipinski definition) is 2. The molecule has 0 amide bonds. The molecular formula is C22H20N4S. The lowest BCUT2D eigenvalue weighted by atomic mass is 10.1. The summed E-state index contributed by atoms with van der Waals surface area (Å²) in [6.07, 6.45) is 11.4. The highest BCUT2D eigenvalue weighted by molar-refractivity contribution is 7.19. The van der Waals surface area contributed by atoms with E-state index < -0.39 is 0 Å². The smallest absolute Gasteiger partial charge is 0.125 e. The molecule has 1 aromatic carbocycles. The number of hydrogen-bond acceptors (Lipinski definition) is 4. The van der Waals surface area contributed by atoms with E-state index in [1.165, 1.54) is 12.8 Å². The number of anilines is 2. The van der Waals surface area contributed by atoms with Gasteiger partial charge in [0.25, 0.3) is 0 Å². The number of allylic oxidation sites excluding steroid dienone is 1. The number of rotatable bonds is 6. The highest BCUT2D eigenvalue weighted by atomic mass is 32.1. The Balaban J connectivity index is 1.72. The maximum Gasteiger partial charge on any atom is 0.125 e. The Hall–Kier alpha value is -3.10. The van der Waals surface area contributed by atoms with Crippen molar-refractivity contribution in [2.75, 3.05) is 5.32 Å². The lowest BCUT2D eigenvalue weighted by Crippen LogP contribution is -1.95. The van der Waals surface area contributed by atoms with E-state index in [4.69, 9.17) is 0 Å². The van der Waals surface area contributed by atoms with Crippen LogP contribution in [0.5, 0.6) is 0 Å². The monoisotopic (exact) mass is 372 g/mol. The molecule has 5 heteroatoms. The molecule has 0 fully saturated rings. The van der Waals surface area contributed by atoms with Crippen LogP contribution < -0.4 is 5.32 Å². The maximum absolute atomic E-state index is 9.56. The van der Waals surface area contributed by atoms with Crippen molar-refractivity contribution in [2.45, 2.75) is 26.2 Å². The van der Waals surface area contributed by atoms with Crippen molar-refractivity contribution in [1.29, 1.82) is 5.26 Å². The molecule has 27 heavy (non-hydrogen) atoms. The Morgan fingerprint density at radius 1 is 1.30 bits per heavy atom. The third-order valence-electron chi connectivity index (χ3n) is 4.53. The third-order valence-corrected chi connectivity index (χ3v) is 5.54. The number of thiophene rings is 1. The lowest BCUT2D eigenvalue weighted by Gasteiger charge is -2.09. The fraction of sp³-hybridized carbons (Fsp3) is 0.182. The van der Waals surface area contributed by atoms with Crippen molar-refractivity contribution in [3.63, 3.8) is 0 Å². The van der Waals surface area contributed by atoms with Crippen LogP contribution in [0.1, 0.15) is 36.6 Å². The second-order valence-electron chi connectivity index (χ2n) is 6.48. The summed E-state index contributed by atoms with van der Waals surface area (Å²) in [5.41, 5.74) is 3.42. The molecule has 3 heterocycles. The van der Waals surface area contributed by atoms with Crippen LogP contribution in [0.4, 0.5) is 11.4 Å². The van der Waals surface area contributed by atoms with E-state index in [-0.39, 0.29) is 0 Å². The second kappa shape index (κ2) is 7.65. The number of benzene rings is 1. The summed E-state index contributed by atoms with van der Waals surface area (Å²) in [5, 5.41) is 15.1. The molecular weight excluding hydrogens is 352 g/mol. The van der Waals surface area contributed by atoms with E-state index in [1.807, 2.05) is 24.4 Å². The van der Waals surface area contributed by atoms with Gasteiger partial charge in [-0.05, 0) is 42.8 Å². The van der Waals surface area contributed by atoms with Crippen molar-refractivity contribution in [2.24, 2.45) is 0 Å². The van der Waals surface area contributed by atoms with Crippen molar-refractivity contribution in [3.05, 3.63) is 59.2 Å². The summed E-state index contributed by atoms with van der Waals surface area (Å²) in [4.78, 5) is 9.78. The van der Waals surface area contributed by atoms with Gasteiger partial charge in [-0.2, -0.15) is 5.26 Å². The van der Waals surface area contributed by atoms with Gasteiger partial charge in [0.2, 0.25) is 0 Å². The number of nitriles is 1. The van der Waals surface area contributed by atoms with Gasteiger partial charge in [-0.3, -0.25) is 0 Å². The molecule has 0 aliphatic carbocycles. The Morgan fingerprint density at radius 2 is 2.22 bits per heavy atom. The van der Waals surface area contributed by atoms with Gasteiger partial charge in [-0.15, -0.1) is 11.3 Å². The van der Waals surface area contributed by atoms with E-state index in [0.29, 0.717) is 5.56 Å².